The lowest BCUT2D eigenvalue weighted by atomic mass is 10.1. The van der Waals surface area contributed by atoms with Gasteiger partial charge in [0.05, 0.1) is 29.3 Å². The molecule has 0 radical (unpaired) electrons. The normalized spacial score (nSPS) is 21.6. The Balaban J connectivity index is 2.06. The largest absolute Gasteiger partial charge is 0.371 e. The molecule has 1 unspecified atom stereocenters. The van der Waals surface area contributed by atoms with Crippen molar-refractivity contribution in [2.45, 2.75) is 32.5 Å². The predicted molar refractivity (Wildman–Crippen MR) is 75.2 cm³/mol. The number of halogens is 2. The highest BCUT2D eigenvalue weighted by Gasteiger charge is 2.26. The molecule has 0 amide bonds. The van der Waals surface area contributed by atoms with Crippen molar-refractivity contribution in [1.29, 1.82) is 0 Å². The molecule has 106 valence electrons. The number of hydrogen-bond acceptors (Lipinski definition) is 3. The monoisotopic (exact) mass is 331 g/mol. The molecule has 1 heterocycles. The van der Waals surface area contributed by atoms with Crippen LogP contribution >= 0.6 is 15.9 Å². The van der Waals surface area contributed by atoms with Crippen molar-refractivity contribution in [3.8, 4) is 0 Å². The third kappa shape index (κ3) is 4.24. The third-order valence-corrected chi connectivity index (χ3v) is 3.39. The molecule has 1 fully saturated rings. The Kier molecular flexibility index (Phi) is 4.61. The van der Waals surface area contributed by atoms with Crippen molar-refractivity contribution in [2.75, 3.05) is 19.7 Å². The first-order valence-electron chi connectivity index (χ1n) is 6.36. The van der Waals surface area contributed by atoms with E-state index in [4.69, 9.17) is 9.57 Å². The third-order valence-electron chi connectivity index (χ3n) is 2.75. The highest BCUT2D eigenvalue weighted by molar-refractivity contribution is 9.10. The Morgan fingerprint density at radius 2 is 2.16 bits per heavy atom. The van der Waals surface area contributed by atoms with Gasteiger partial charge in [-0.15, -0.1) is 0 Å². The van der Waals surface area contributed by atoms with Crippen LogP contribution in [0.15, 0.2) is 22.7 Å². The minimum absolute atomic E-state index is 0.154. The molecular formula is C14H19BrFNO2. The summed E-state index contributed by atoms with van der Waals surface area (Å²) in [5, 5.41) is 1.90. The van der Waals surface area contributed by atoms with Crippen LogP contribution in [0.25, 0.3) is 0 Å². The molecule has 1 aliphatic rings. The highest BCUT2D eigenvalue weighted by atomic mass is 79.9. The zero-order valence-electron chi connectivity index (χ0n) is 11.5. The molecule has 0 aromatic heterocycles. The van der Waals surface area contributed by atoms with Crippen molar-refractivity contribution in [3.63, 3.8) is 0 Å². The van der Waals surface area contributed by atoms with Crippen molar-refractivity contribution in [3.05, 3.63) is 34.1 Å². The van der Waals surface area contributed by atoms with Gasteiger partial charge in [0, 0.05) is 6.54 Å². The summed E-state index contributed by atoms with van der Waals surface area (Å²) >= 11 is 3.15. The van der Waals surface area contributed by atoms with Crippen LogP contribution in [0, 0.1) is 5.82 Å². The maximum absolute atomic E-state index is 13.6. The van der Waals surface area contributed by atoms with Gasteiger partial charge >= 0.3 is 0 Å². The van der Waals surface area contributed by atoms with Crippen LogP contribution in [0.3, 0.4) is 0 Å². The summed E-state index contributed by atoms with van der Waals surface area (Å²) in [6.45, 7) is 7.95. The molecule has 19 heavy (non-hydrogen) atoms. The maximum atomic E-state index is 13.6. The van der Waals surface area contributed by atoms with Gasteiger partial charge in [0.1, 0.15) is 5.82 Å². The van der Waals surface area contributed by atoms with Gasteiger partial charge in [0.2, 0.25) is 0 Å². The number of nitrogens with zero attached hydrogens (tertiary/aromatic N) is 1. The Morgan fingerprint density at radius 3 is 2.79 bits per heavy atom. The van der Waals surface area contributed by atoms with Gasteiger partial charge < -0.3 is 4.74 Å². The number of hydroxylamine groups is 2. The van der Waals surface area contributed by atoms with Crippen LogP contribution in [-0.2, 0) is 9.57 Å². The molecule has 0 N–H and O–H groups in total. The van der Waals surface area contributed by atoms with E-state index in [-0.39, 0.29) is 17.5 Å². The van der Waals surface area contributed by atoms with Crippen molar-refractivity contribution in [2.24, 2.45) is 0 Å². The summed E-state index contributed by atoms with van der Waals surface area (Å²) in [6.07, 6.45) is -0.154. The quantitative estimate of drug-likeness (QED) is 0.824. The standard InChI is InChI=1S/C14H19BrFNO2/c1-14(2,3)19-17-6-7-18-13(9-17)10-4-5-11(15)12(16)8-10/h4-5,8,13H,6-7,9H2,1-3H3. The van der Waals surface area contributed by atoms with Gasteiger partial charge in [-0.1, -0.05) is 6.07 Å². The fraction of sp³-hybridized carbons (Fsp3) is 0.571. The van der Waals surface area contributed by atoms with Crippen molar-refractivity contribution < 1.29 is 14.0 Å². The van der Waals surface area contributed by atoms with Crippen LogP contribution < -0.4 is 0 Å². The molecular weight excluding hydrogens is 313 g/mol. The van der Waals surface area contributed by atoms with Crippen LogP contribution in [0.2, 0.25) is 0 Å². The molecule has 0 aliphatic carbocycles. The summed E-state index contributed by atoms with van der Waals surface area (Å²) in [5.41, 5.74) is 0.607. The Hall–Kier alpha value is -0.490. The van der Waals surface area contributed by atoms with E-state index in [0.29, 0.717) is 17.6 Å². The summed E-state index contributed by atoms with van der Waals surface area (Å²) in [7, 11) is 0. The van der Waals surface area contributed by atoms with E-state index < -0.39 is 0 Å². The number of hydrogen-bond donors (Lipinski definition) is 0. The van der Waals surface area contributed by atoms with Crippen LogP contribution in [0.5, 0.6) is 0 Å². The van der Waals surface area contributed by atoms with Crippen molar-refractivity contribution >= 4 is 15.9 Å². The minimum atomic E-state index is -0.269. The van der Waals surface area contributed by atoms with E-state index in [2.05, 4.69) is 15.9 Å². The Bertz CT molecular complexity index is 448. The lowest BCUT2D eigenvalue weighted by Gasteiger charge is -2.36. The lowest BCUT2D eigenvalue weighted by Crippen LogP contribution is -2.42. The van der Waals surface area contributed by atoms with Crippen LogP contribution in [0.1, 0.15) is 32.4 Å². The number of ether oxygens (including phenoxy) is 1. The van der Waals surface area contributed by atoms with Crippen LogP contribution in [0.4, 0.5) is 4.39 Å². The number of benzene rings is 1. The van der Waals surface area contributed by atoms with Crippen LogP contribution in [-0.4, -0.2) is 30.4 Å². The van der Waals surface area contributed by atoms with E-state index in [0.717, 1.165) is 12.1 Å². The molecule has 1 saturated heterocycles. The first-order valence-corrected chi connectivity index (χ1v) is 7.15. The van der Waals surface area contributed by atoms with Gasteiger partial charge in [-0.3, -0.25) is 4.84 Å². The van der Waals surface area contributed by atoms with E-state index in [1.54, 1.807) is 6.07 Å². The molecule has 2 rings (SSSR count). The van der Waals surface area contributed by atoms with Gasteiger partial charge in [-0.25, -0.2) is 4.39 Å². The first kappa shape index (κ1) is 14.9. The van der Waals surface area contributed by atoms with E-state index in [9.17, 15) is 4.39 Å². The molecule has 1 aromatic rings. The molecule has 0 saturated carbocycles. The first-order chi connectivity index (χ1) is 8.85. The minimum Gasteiger partial charge on any atom is -0.371 e. The smallest absolute Gasteiger partial charge is 0.137 e. The van der Waals surface area contributed by atoms with E-state index in [1.165, 1.54) is 6.07 Å². The molecule has 5 heteroatoms. The lowest BCUT2D eigenvalue weighted by molar-refractivity contribution is -0.263. The van der Waals surface area contributed by atoms with Gasteiger partial charge in [0.15, 0.2) is 0 Å². The molecule has 1 atom stereocenters. The Labute approximate surface area is 121 Å². The second-order valence-corrected chi connectivity index (χ2v) is 6.48. The fourth-order valence-corrected chi connectivity index (χ4v) is 2.26. The molecule has 0 spiro atoms. The van der Waals surface area contributed by atoms with E-state index >= 15 is 0 Å². The second-order valence-electron chi connectivity index (χ2n) is 5.62. The summed E-state index contributed by atoms with van der Waals surface area (Å²) in [4.78, 5) is 5.83. The van der Waals surface area contributed by atoms with Gasteiger partial charge in [-0.2, -0.15) is 5.06 Å². The molecule has 3 nitrogen and oxygen atoms in total. The topological polar surface area (TPSA) is 21.7 Å². The number of rotatable bonds is 2. The van der Waals surface area contributed by atoms with Gasteiger partial charge in [-0.05, 0) is 54.4 Å². The predicted octanol–water partition coefficient (Wildman–Crippen LogP) is 3.69. The Morgan fingerprint density at radius 1 is 1.42 bits per heavy atom. The summed E-state index contributed by atoms with van der Waals surface area (Å²) in [6, 6.07) is 5.09. The van der Waals surface area contributed by atoms with Gasteiger partial charge in [0.25, 0.3) is 0 Å². The zero-order chi connectivity index (χ0) is 14.0. The number of morpholine rings is 1. The second kappa shape index (κ2) is 5.87. The maximum Gasteiger partial charge on any atom is 0.137 e. The molecule has 1 aromatic carbocycles. The molecule has 1 aliphatic heterocycles. The summed E-state index contributed by atoms with van der Waals surface area (Å²) in [5.74, 6) is -0.269. The fourth-order valence-electron chi connectivity index (χ4n) is 2.01. The average molecular weight is 332 g/mol. The highest BCUT2D eigenvalue weighted by Crippen LogP contribution is 2.27. The summed E-state index contributed by atoms with van der Waals surface area (Å²) < 4.78 is 19.7. The van der Waals surface area contributed by atoms with E-state index in [1.807, 2.05) is 31.9 Å². The zero-order valence-corrected chi connectivity index (χ0v) is 13.0. The molecule has 0 bridgehead atoms. The average Bonchev–Trinajstić information content (AvgIpc) is 2.31. The van der Waals surface area contributed by atoms with Crippen molar-refractivity contribution in [1.82, 2.24) is 5.06 Å². The SMILES string of the molecule is CC(C)(C)ON1CCOC(c2ccc(Br)c(F)c2)C1.